The molecule has 1 saturated heterocycles. The minimum atomic E-state index is -2.70. The first-order valence-electron chi connectivity index (χ1n) is 14.0. The minimum Gasteiger partial charge on any atom is -0.356 e. The molecule has 3 atom stereocenters. The molecular formula is C30H32F4N4O2. The van der Waals surface area contributed by atoms with Crippen LogP contribution in [0, 0.1) is 28.9 Å². The van der Waals surface area contributed by atoms with Gasteiger partial charge < -0.3 is 10.2 Å². The second-order valence-corrected chi connectivity index (χ2v) is 11.7. The van der Waals surface area contributed by atoms with Gasteiger partial charge in [0.05, 0.1) is 16.5 Å². The number of carbonyl (C=O) groups excluding carboxylic acids is 1. The fraction of sp³-hybridized carbons (Fsp3) is 0.500. The van der Waals surface area contributed by atoms with E-state index >= 15 is 0 Å². The topological polar surface area (TPSA) is 67.2 Å². The Kier molecular flexibility index (Phi) is 6.62. The summed E-state index contributed by atoms with van der Waals surface area (Å²) in [5.74, 6) is -3.30. The lowest BCUT2D eigenvalue weighted by molar-refractivity contribution is 0.0710. The predicted octanol–water partition coefficient (Wildman–Crippen LogP) is 5.85. The van der Waals surface area contributed by atoms with E-state index in [1.807, 2.05) is 0 Å². The van der Waals surface area contributed by atoms with Gasteiger partial charge in [0.1, 0.15) is 23.0 Å². The Labute approximate surface area is 229 Å². The van der Waals surface area contributed by atoms with Gasteiger partial charge in [-0.05, 0) is 55.4 Å². The monoisotopic (exact) mass is 556 g/mol. The number of hydrogen-bond donors (Lipinski definition) is 1. The molecule has 1 N–H and O–H groups in total. The number of anilines is 1. The first kappa shape index (κ1) is 26.8. The lowest BCUT2D eigenvalue weighted by atomic mass is 10.0. The van der Waals surface area contributed by atoms with Crippen molar-refractivity contribution in [1.82, 2.24) is 14.9 Å². The first-order valence-corrected chi connectivity index (χ1v) is 14.0. The average molecular weight is 557 g/mol. The van der Waals surface area contributed by atoms with Gasteiger partial charge in [-0.15, -0.1) is 0 Å². The first-order chi connectivity index (χ1) is 19.1. The van der Waals surface area contributed by atoms with Crippen LogP contribution in [0.1, 0.15) is 62.2 Å². The van der Waals surface area contributed by atoms with E-state index in [1.54, 1.807) is 11.0 Å². The molecule has 3 aliphatic rings. The summed E-state index contributed by atoms with van der Waals surface area (Å²) in [6.07, 6.45) is 6.85. The number of fused-ring (bicyclic) bond motifs is 1. The Morgan fingerprint density at radius 3 is 2.60 bits per heavy atom. The molecule has 3 unspecified atom stereocenters. The van der Waals surface area contributed by atoms with Crippen LogP contribution in [-0.2, 0) is 0 Å². The molecule has 3 heterocycles. The van der Waals surface area contributed by atoms with E-state index in [2.05, 4.69) is 17.2 Å². The van der Waals surface area contributed by atoms with Crippen molar-refractivity contribution in [1.29, 1.82) is 0 Å². The summed E-state index contributed by atoms with van der Waals surface area (Å²) in [5, 5.41) is 2.92. The lowest BCUT2D eigenvalue weighted by Gasteiger charge is -2.20. The molecule has 1 aromatic carbocycles. The molecule has 2 aromatic heterocycles. The number of amides is 1. The van der Waals surface area contributed by atoms with Gasteiger partial charge in [0, 0.05) is 38.3 Å². The third-order valence-electron chi connectivity index (χ3n) is 9.20. The number of nitrogens with zero attached hydrogens (tertiary/aromatic N) is 3. The number of halogens is 4. The Balaban J connectivity index is 1.33. The molecule has 0 bridgehead atoms. The number of nitrogens with one attached hydrogen (secondary N) is 1. The molecule has 3 aromatic rings. The maximum atomic E-state index is 15.0. The van der Waals surface area contributed by atoms with Crippen molar-refractivity contribution in [3.8, 4) is 5.69 Å². The van der Waals surface area contributed by atoms with Crippen LogP contribution in [0.15, 0.2) is 41.3 Å². The largest absolute Gasteiger partial charge is 0.356 e. The van der Waals surface area contributed by atoms with Crippen molar-refractivity contribution in [3.63, 3.8) is 0 Å². The summed E-state index contributed by atoms with van der Waals surface area (Å²) in [5.41, 5.74) is -1.83. The summed E-state index contributed by atoms with van der Waals surface area (Å²) in [7, 11) is 0. The van der Waals surface area contributed by atoms with E-state index < -0.39 is 34.3 Å². The van der Waals surface area contributed by atoms with Crippen LogP contribution >= 0.6 is 0 Å². The van der Waals surface area contributed by atoms with Crippen LogP contribution in [0.5, 0.6) is 0 Å². The van der Waals surface area contributed by atoms with E-state index in [0.29, 0.717) is 37.3 Å². The molecule has 2 aliphatic carbocycles. The number of rotatable bonds is 7. The smallest absolute Gasteiger partial charge is 0.256 e. The quantitative estimate of drug-likeness (QED) is 0.371. The normalized spacial score (nSPS) is 25.2. The highest BCUT2D eigenvalue weighted by Gasteiger charge is 2.72. The predicted molar refractivity (Wildman–Crippen MR) is 144 cm³/mol. The average Bonchev–Trinajstić information content (AvgIpc) is 3.30. The van der Waals surface area contributed by atoms with Crippen molar-refractivity contribution in [2.45, 2.75) is 57.8 Å². The van der Waals surface area contributed by atoms with Crippen LogP contribution in [0.25, 0.3) is 16.7 Å². The van der Waals surface area contributed by atoms with Gasteiger partial charge in [0.25, 0.3) is 11.8 Å². The Morgan fingerprint density at radius 1 is 1.15 bits per heavy atom. The molecule has 1 spiro atoms. The summed E-state index contributed by atoms with van der Waals surface area (Å²) in [4.78, 5) is 32.9. The lowest BCUT2D eigenvalue weighted by Crippen LogP contribution is -2.31. The standard InChI is InChI=1S/C30H32F4N4O2/c1-2-18-3-4-19(13-18)9-11-35-28(40)22-15-38(24-7-5-20(31)14-23(24)32)27-21(26(22)39)6-8-25(36-27)37-12-10-29(17-37)16-30(29,33)34/h5-8,14-15,18-19H,2-4,9-13,16-17H2,1H3,(H,35,40). The second-order valence-electron chi connectivity index (χ2n) is 11.7. The molecule has 6 rings (SSSR count). The molecule has 0 radical (unpaired) electrons. The van der Waals surface area contributed by atoms with Crippen molar-refractivity contribution in [3.05, 3.63) is 63.9 Å². The fourth-order valence-corrected chi connectivity index (χ4v) is 6.58. The third-order valence-corrected chi connectivity index (χ3v) is 9.20. The summed E-state index contributed by atoms with van der Waals surface area (Å²) < 4.78 is 57.9. The van der Waals surface area contributed by atoms with Crippen LogP contribution in [0.4, 0.5) is 23.4 Å². The van der Waals surface area contributed by atoms with Crippen LogP contribution in [0.2, 0.25) is 0 Å². The van der Waals surface area contributed by atoms with Gasteiger partial charge in [-0.3, -0.25) is 14.2 Å². The Bertz CT molecular complexity index is 1540. The molecular weight excluding hydrogens is 524 g/mol. The molecule has 6 nitrogen and oxygen atoms in total. The van der Waals surface area contributed by atoms with E-state index in [9.17, 15) is 27.2 Å². The van der Waals surface area contributed by atoms with E-state index in [1.165, 1.54) is 29.3 Å². The van der Waals surface area contributed by atoms with E-state index in [4.69, 9.17) is 0 Å². The highest BCUT2D eigenvalue weighted by molar-refractivity contribution is 5.97. The van der Waals surface area contributed by atoms with Crippen LogP contribution in [0.3, 0.4) is 0 Å². The fourth-order valence-electron chi connectivity index (χ4n) is 6.58. The number of alkyl halides is 2. The van der Waals surface area contributed by atoms with Crippen LogP contribution < -0.4 is 15.6 Å². The van der Waals surface area contributed by atoms with Crippen LogP contribution in [-0.4, -0.2) is 41.0 Å². The van der Waals surface area contributed by atoms with E-state index in [-0.39, 0.29) is 35.2 Å². The van der Waals surface area contributed by atoms with Crippen molar-refractivity contribution >= 4 is 22.8 Å². The Morgan fingerprint density at radius 2 is 1.93 bits per heavy atom. The molecule has 40 heavy (non-hydrogen) atoms. The highest BCUT2D eigenvalue weighted by Crippen LogP contribution is 2.65. The number of carbonyl (C=O) groups is 1. The molecule has 212 valence electrons. The number of aromatic nitrogens is 2. The minimum absolute atomic E-state index is 0.0598. The third kappa shape index (κ3) is 4.65. The molecule has 1 aliphatic heterocycles. The molecule has 1 amide bonds. The molecule has 10 heteroatoms. The second kappa shape index (κ2) is 9.89. The van der Waals surface area contributed by atoms with Gasteiger partial charge >= 0.3 is 0 Å². The Hall–Kier alpha value is -3.43. The van der Waals surface area contributed by atoms with Gasteiger partial charge in [-0.1, -0.05) is 26.2 Å². The molecule has 3 fully saturated rings. The van der Waals surface area contributed by atoms with Gasteiger partial charge in [-0.2, -0.15) is 0 Å². The maximum Gasteiger partial charge on any atom is 0.256 e. The van der Waals surface area contributed by atoms with Gasteiger partial charge in [0.15, 0.2) is 5.65 Å². The number of benzene rings is 1. The SMILES string of the molecule is CCC1CCC(CCNC(=O)c2cn(-c3ccc(F)cc3F)c3nc(N4CCC5(C4)CC5(F)F)ccc3c2=O)C1. The van der Waals surface area contributed by atoms with Crippen molar-refractivity contribution in [2.75, 3.05) is 24.5 Å². The zero-order chi connectivity index (χ0) is 28.2. The summed E-state index contributed by atoms with van der Waals surface area (Å²) in [6, 6.07) is 6.07. The van der Waals surface area contributed by atoms with Crippen molar-refractivity contribution in [2.24, 2.45) is 17.3 Å². The maximum absolute atomic E-state index is 15.0. The summed E-state index contributed by atoms with van der Waals surface area (Å²) in [6.45, 7) is 3.12. The highest BCUT2D eigenvalue weighted by atomic mass is 19.3. The zero-order valence-corrected chi connectivity index (χ0v) is 22.4. The van der Waals surface area contributed by atoms with Gasteiger partial charge in [0.2, 0.25) is 5.43 Å². The van der Waals surface area contributed by atoms with E-state index in [0.717, 1.165) is 37.7 Å². The zero-order valence-electron chi connectivity index (χ0n) is 22.4. The molecule has 2 saturated carbocycles. The van der Waals surface area contributed by atoms with Crippen molar-refractivity contribution < 1.29 is 22.4 Å². The van der Waals surface area contributed by atoms with Gasteiger partial charge in [-0.25, -0.2) is 22.5 Å². The number of hydrogen-bond acceptors (Lipinski definition) is 4. The summed E-state index contributed by atoms with van der Waals surface area (Å²) >= 11 is 0. The number of pyridine rings is 2.